The van der Waals surface area contributed by atoms with E-state index >= 15 is 0 Å². The standard InChI is InChI=1S/C28H20ClN3O2S/c29-20-15-16-23-25(17-20)31-28(32(27(23)34)21-11-5-2-6-12-21)35-18-26(33)30-24-14-8-7-13-22(24)19-9-3-1-4-10-19/h1-17H,18H2,(H,30,33). The lowest BCUT2D eigenvalue weighted by molar-refractivity contribution is -0.113. The quantitative estimate of drug-likeness (QED) is 0.217. The number of benzene rings is 4. The molecule has 5 nitrogen and oxygen atoms in total. The first-order valence-corrected chi connectivity index (χ1v) is 12.3. The van der Waals surface area contributed by atoms with Crippen LogP contribution in [-0.4, -0.2) is 21.2 Å². The van der Waals surface area contributed by atoms with E-state index in [1.54, 1.807) is 18.2 Å². The van der Waals surface area contributed by atoms with Gasteiger partial charge in [-0.2, -0.15) is 0 Å². The van der Waals surface area contributed by atoms with E-state index in [1.807, 2.05) is 84.9 Å². The first kappa shape index (κ1) is 22.9. The fourth-order valence-corrected chi connectivity index (χ4v) is 4.80. The third kappa shape index (κ3) is 4.99. The minimum absolute atomic E-state index is 0.0778. The van der Waals surface area contributed by atoms with Gasteiger partial charge in [0, 0.05) is 16.3 Å². The van der Waals surface area contributed by atoms with E-state index in [-0.39, 0.29) is 17.2 Å². The molecule has 1 heterocycles. The van der Waals surface area contributed by atoms with Crippen molar-refractivity contribution in [3.05, 3.63) is 119 Å². The molecule has 0 saturated carbocycles. The minimum Gasteiger partial charge on any atom is -0.325 e. The molecule has 5 rings (SSSR count). The molecule has 35 heavy (non-hydrogen) atoms. The maximum Gasteiger partial charge on any atom is 0.266 e. The van der Waals surface area contributed by atoms with E-state index in [4.69, 9.17) is 11.6 Å². The van der Waals surface area contributed by atoms with Crippen LogP contribution in [0.5, 0.6) is 0 Å². The van der Waals surface area contributed by atoms with Crippen molar-refractivity contribution in [3.8, 4) is 16.8 Å². The van der Waals surface area contributed by atoms with Crippen molar-refractivity contribution in [1.29, 1.82) is 0 Å². The number of amides is 1. The number of anilines is 1. The number of carbonyl (C=O) groups is 1. The van der Waals surface area contributed by atoms with Gasteiger partial charge in [0.05, 0.1) is 22.3 Å². The number of rotatable bonds is 6. The second-order valence-corrected chi connectivity index (χ2v) is 9.16. The number of thioether (sulfide) groups is 1. The Bertz CT molecular complexity index is 1570. The number of fused-ring (bicyclic) bond motifs is 1. The predicted octanol–water partition coefficient (Wildman–Crippen LogP) is 6.44. The van der Waals surface area contributed by atoms with Gasteiger partial charge in [0.15, 0.2) is 5.16 Å². The molecule has 172 valence electrons. The molecular weight excluding hydrogens is 478 g/mol. The summed E-state index contributed by atoms with van der Waals surface area (Å²) in [6, 6.07) is 31.8. The maximum atomic E-state index is 13.4. The first-order chi connectivity index (χ1) is 17.1. The number of nitrogens with zero attached hydrogens (tertiary/aromatic N) is 2. The lowest BCUT2D eigenvalue weighted by atomic mass is 10.0. The molecule has 0 bridgehead atoms. The average molecular weight is 498 g/mol. The molecule has 5 aromatic rings. The molecule has 0 atom stereocenters. The van der Waals surface area contributed by atoms with Crippen LogP contribution in [0.3, 0.4) is 0 Å². The van der Waals surface area contributed by atoms with E-state index in [9.17, 15) is 9.59 Å². The summed E-state index contributed by atoms with van der Waals surface area (Å²) in [4.78, 5) is 31.0. The Balaban J connectivity index is 1.45. The molecule has 0 aliphatic heterocycles. The van der Waals surface area contributed by atoms with Crippen LogP contribution >= 0.6 is 23.4 Å². The van der Waals surface area contributed by atoms with Crippen molar-refractivity contribution in [2.24, 2.45) is 0 Å². The Labute approximate surface area is 211 Å². The van der Waals surface area contributed by atoms with Gasteiger partial charge in [0.2, 0.25) is 5.91 Å². The van der Waals surface area contributed by atoms with Crippen molar-refractivity contribution in [2.45, 2.75) is 5.16 Å². The minimum atomic E-state index is -0.213. The Morgan fingerprint density at radius 3 is 2.34 bits per heavy atom. The van der Waals surface area contributed by atoms with Gasteiger partial charge in [-0.05, 0) is 42.0 Å². The van der Waals surface area contributed by atoms with Gasteiger partial charge in [-0.25, -0.2) is 4.98 Å². The van der Waals surface area contributed by atoms with Crippen LogP contribution in [0.15, 0.2) is 113 Å². The van der Waals surface area contributed by atoms with E-state index in [1.165, 1.54) is 16.3 Å². The molecule has 1 amide bonds. The zero-order valence-electron chi connectivity index (χ0n) is 18.5. The Hall–Kier alpha value is -3.87. The zero-order chi connectivity index (χ0) is 24.2. The Kier molecular flexibility index (Phi) is 6.66. The summed E-state index contributed by atoms with van der Waals surface area (Å²) in [6.07, 6.45) is 0. The predicted molar refractivity (Wildman–Crippen MR) is 144 cm³/mol. The average Bonchev–Trinajstić information content (AvgIpc) is 2.88. The molecule has 0 unspecified atom stereocenters. The topological polar surface area (TPSA) is 64.0 Å². The number of nitrogens with one attached hydrogen (secondary N) is 1. The molecule has 0 radical (unpaired) electrons. The first-order valence-electron chi connectivity index (χ1n) is 10.9. The second-order valence-electron chi connectivity index (χ2n) is 7.78. The lowest BCUT2D eigenvalue weighted by Gasteiger charge is -2.14. The lowest BCUT2D eigenvalue weighted by Crippen LogP contribution is -2.23. The Morgan fingerprint density at radius 2 is 1.57 bits per heavy atom. The molecule has 7 heteroatoms. The van der Waals surface area contributed by atoms with Gasteiger partial charge < -0.3 is 5.32 Å². The third-order valence-electron chi connectivity index (χ3n) is 5.43. The number of hydrogen-bond acceptors (Lipinski definition) is 4. The van der Waals surface area contributed by atoms with Crippen molar-refractivity contribution in [2.75, 3.05) is 11.1 Å². The highest BCUT2D eigenvalue weighted by Crippen LogP contribution is 2.28. The zero-order valence-corrected chi connectivity index (χ0v) is 20.1. The second kappa shape index (κ2) is 10.2. The van der Waals surface area contributed by atoms with Gasteiger partial charge in [-0.15, -0.1) is 0 Å². The van der Waals surface area contributed by atoms with Crippen LogP contribution in [-0.2, 0) is 4.79 Å². The van der Waals surface area contributed by atoms with Crippen LogP contribution in [0, 0.1) is 0 Å². The summed E-state index contributed by atoms with van der Waals surface area (Å²) in [5.74, 6) is -0.118. The molecule has 0 aliphatic rings. The maximum absolute atomic E-state index is 13.4. The molecule has 0 fully saturated rings. The van der Waals surface area contributed by atoms with Gasteiger partial charge in [0.1, 0.15) is 0 Å². The van der Waals surface area contributed by atoms with E-state index in [0.717, 1.165) is 16.8 Å². The molecule has 0 saturated heterocycles. The highest BCUT2D eigenvalue weighted by Gasteiger charge is 2.16. The van der Waals surface area contributed by atoms with E-state index < -0.39 is 0 Å². The summed E-state index contributed by atoms with van der Waals surface area (Å²) in [6.45, 7) is 0. The fourth-order valence-electron chi connectivity index (χ4n) is 3.82. The van der Waals surface area contributed by atoms with Crippen molar-refractivity contribution in [1.82, 2.24) is 9.55 Å². The number of halogens is 1. The van der Waals surface area contributed by atoms with Gasteiger partial charge >= 0.3 is 0 Å². The SMILES string of the molecule is O=C(CSc1nc2cc(Cl)ccc2c(=O)n1-c1ccccc1)Nc1ccccc1-c1ccccc1. The number of para-hydroxylation sites is 2. The molecule has 4 aromatic carbocycles. The van der Waals surface area contributed by atoms with E-state index in [0.29, 0.717) is 26.8 Å². The fraction of sp³-hybridized carbons (Fsp3) is 0.0357. The summed E-state index contributed by atoms with van der Waals surface area (Å²) >= 11 is 7.35. The number of carbonyl (C=O) groups excluding carboxylic acids is 1. The van der Waals surface area contributed by atoms with Gasteiger partial charge in [-0.3, -0.25) is 14.2 Å². The number of aromatic nitrogens is 2. The van der Waals surface area contributed by atoms with E-state index in [2.05, 4.69) is 10.3 Å². The van der Waals surface area contributed by atoms with Crippen LogP contribution < -0.4 is 10.9 Å². The van der Waals surface area contributed by atoms with Crippen LogP contribution in [0.1, 0.15) is 0 Å². The summed E-state index contributed by atoms with van der Waals surface area (Å²) in [5, 5.41) is 4.38. The molecular formula is C28H20ClN3O2S. The van der Waals surface area contributed by atoms with Gasteiger partial charge in [0.25, 0.3) is 5.56 Å². The van der Waals surface area contributed by atoms with Crippen LogP contribution in [0.2, 0.25) is 5.02 Å². The molecule has 0 spiro atoms. The van der Waals surface area contributed by atoms with Crippen molar-refractivity contribution < 1.29 is 4.79 Å². The summed E-state index contributed by atoms with van der Waals surface area (Å²) < 4.78 is 1.53. The molecule has 0 aliphatic carbocycles. The Morgan fingerprint density at radius 1 is 0.886 bits per heavy atom. The van der Waals surface area contributed by atoms with Crippen molar-refractivity contribution >= 4 is 45.9 Å². The smallest absolute Gasteiger partial charge is 0.266 e. The van der Waals surface area contributed by atoms with Crippen LogP contribution in [0.4, 0.5) is 5.69 Å². The molecule has 1 aromatic heterocycles. The van der Waals surface area contributed by atoms with Crippen LogP contribution in [0.25, 0.3) is 27.7 Å². The van der Waals surface area contributed by atoms with Crippen molar-refractivity contribution in [3.63, 3.8) is 0 Å². The largest absolute Gasteiger partial charge is 0.325 e. The highest BCUT2D eigenvalue weighted by molar-refractivity contribution is 7.99. The van der Waals surface area contributed by atoms with Gasteiger partial charge in [-0.1, -0.05) is 90.1 Å². The third-order valence-corrected chi connectivity index (χ3v) is 6.61. The molecule has 1 N–H and O–H groups in total. The highest BCUT2D eigenvalue weighted by atomic mass is 35.5. The number of hydrogen-bond donors (Lipinski definition) is 1. The summed E-state index contributed by atoms with van der Waals surface area (Å²) in [5.41, 5.74) is 3.64. The monoisotopic (exact) mass is 497 g/mol. The normalized spacial score (nSPS) is 10.9. The summed E-state index contributed by atoms with van der Waals surface area (Å²) in [7, 11) is 0.